The molecule has 0 heterocycles. The van der Waals surface area contributed by atoms with Crippen molar-refractivity contribution < 1.29 is 0 Å². The van der Waals surface area contributed by atoms with Gasteiger partial charge in [0.05, 0.1) is 0 Å². The van der Waals surface area contributed by atoms with Crippen LogP contribution in [0, 0.1) is 35.0 Å². The molecule has 0 radical (unpaired) electrons. The van der Waals surface area contributed by atoms with Crippen LogP contribution in [0.25, 0.3) is 0 Å². The molecule has 4 aliphatic carbocycles. The van der Waals surface area contributed by atoms with Gasteiger partial charge in [0.1, 0.15) is 0 Å². The summed E-state index contributed by atoms with van der Waals surface area (Å²) in [5.41, 5.74) is 19.8. The third kappa shape index (κ3) is 2.85. The van der Waals surface area contributed by atoms with Gasteiger partial charge in [-0.25, -0.2) is 0 Å². The van der Waals surface area contributed by atoms with E-state index in [9.17, 15) is 0 Å². The van der Waals surface area contributed by atoms with Crippen molar-refractivity contribution in [3.8, 4) is 0 Å². The van der Waals surface area contributed by atoms with E-state index in [1.165, 1.54) is 77.0 Å². The largest absolute Gasteiger partial charge is 0.330 e. The van der Waals surface area contributed by atoms with E-state index >= 15 is 0 Å². The fourth-order valence-corrected chi connectivity index (χ4v) is 7.33. The van der Waals surface area contributed by atoms with Gasteiger partial charge < -0.3 is 17.2 Å². The molecular weight excluding hydrogens is 294 g/mol. The third-order valence-electron chi connectivity index (χ3n) is 8.96. The molecule has 7 atom stereocenters. The van der Waals surface area contributed by atoms with Crippen LogP contribution in [0.4, 0.5) is 0 Å². The molecule has 4 fully saturated rings. The van der Waals surface area contributed by atoms with Crippen LogP contribution in [0.3, 0.4) is 0 Å². The molecule has 4 rings (SSSR count). The Morgan fingerprint density at radius 2 is 1.67 bits per heavy atom. The summed E-state index contributed by atoms with van der Waals surface area (Å²) in [7, 11) is 0. The van der Waals surface area contributed by atoms with Gasteiger partial charge in [-0.3, -0.25) is 0 Å². The quantitative estimate of drug-likeness (QED) is 0.697. The molecule has 0 aromatic carbocycles. The molecule has 7 unspecified atom stereocenters. The summed E-state index contributed by atoms with van der Waals surface area (Å²) in [6, 6.07) is 0. The van der Waals surface area contributed by atoms with Crippen molar-refractivity contribution in [2.45, 2.75) is 82.6 Å². The third-order valence-corrected chi connectivity index (χ3v) is 8.96. The molecule has 0 aliphatic heterocycles. The second kappa shape index (κ2) is 6.55. The fraction of sp³-hybridized carbons (Fsp3) is 1.00. The molecule has 3 heteroatoms. The molecule has 24 heavy (non-hydrogen) atoms. The molecule has 0 aromatic rings. The van der Waals surface area contributed by atoms with Gasteiger partial charge >= 0.3 is 0 Å². The topological polar surface area (TPSA) is 78.1 Å². The van der Waals surface area contributed by atoms with Crippen LogP contribution >= 0.6 is 0 Å². The van der Waals surface area contributed by atoms with Gasteiger partial charge in [-0.1, -0.05) is 0 Å². The molecule has 4 aliphatic rings. The van der Waals surface area contributed by atoms with Crippen molar-refractivity contribution in [1.29, 1.82) is 0 Å². The van der Waals surface area contributed by atoms with E-state index in [-0.39, 0.29) is 5.54 Å². The second-order valence-corrected chi connectivity index (χ2v) is 10.0. The summed E-state index contributed by atoms with van der Waals surface area (Å²) < 4.78 is 0. The van der Waals surface area contributed by atoms with E-state index in [0.717, 1.165) is 42.7 Å². The predicted octanol–water partition coefficient (Wildman–Crippen LogP) is 3.40. The number of hydrogen-bond acceptors (Lipinski definition) is 3. The predicted molar refractivity (Wildman–Crippen MR) is 100 cm³/mol. The minimum Gasteiger partial charge on any atom is -0.330 e. The first-order valence-corrected chi connectivity index (χ1v) is 10.8. The van der Waals surface area contributed by atoms with Crippen molar-refractivity contribution in [2.75, 3.05) is 13.1 Å². The summed E-state index contributed by atoms with van der Waals surface area (Å²) in [4.78, 5) is 0. The Balaban J connectivity index is 1.49. The Kier molecular flexibility index (Phi) is 4.73. The van der Waals surface area contributed by atoms with E-state index in [1.54, 1.807) is 0 Å². The Bertz CT molecular complexity index is 452. The minimum absolute atomic E-state index is 0.128. The molecule has 4 bridgehead atoms. The summed E-state index contributed by atoms with van der Waals surface area (Å²) in [5, 5.41) is 0. The summed E-state index contributed by atoms with van der Waals surface area (Å²) in [5.74, 6) is 4.39. The van der Waals surface area contributed by atoms with Gasteiger partial charge in [0.2, 0.25) is 0 Å². The van der Waals surface area contributed by atoms with Gasteiger partial charge in [0, 0.05) is 5.54 Å². The van der Waals surface area contributed by atoms with Crippen LogP contribution in [0.1, 0.15) is 77.0 Å². The van der Waals surface area contributed by atoms with Crippen molar-refractivity contribution in [3.05, 3.63) is 0 Å². The number of rotatable bonds is 6. The van der Waals surface area contributed by atoms with Crippen LogP contribution in [0.15, 0.2) is 0 Å². The summed E-state index contributed by atoms with van der Waals surface area (Å²) >= 11 is 0. The van der Waals surface area contributed by atoms with Crippen molar-refractivity contribution >= 4 is 0 Å². The van der Waals surface area contributed by atoms with E-state index in [2.05, 4.69) is 0 Å². The maximum atomic E-state index is 7.07. The molecule has 138 valence electrons. The lowest BCUT2D eigenvalue weighted by molar-refractivity contribution is 0.0725. The Hall–Kier alpha value is -0.120. The highest BCUT2D eigenvalue weighted by Gasteiger charge is 2.55. The first-order valence-electron chi connectivity index (χ1n) is 10.8. The summed E-state index contributed by atoms with van der Waals surface area (Å²) in [6.07, 6.45) is 16.2. The molecule has 4 saturated carbocycles. The van der Waals surface area contributed by atoms with Crippen LogP contribution in [0.2, 0.25) is 0 Å². The first-order chi connectivity index (χ1) is 11.6. The highest BCUT2D eigenvalue weighted by molar-refractivity contribution is 5.09. The van der Waals surface area contributed by atoms with E-state index in [0.29, 0.717) is 5.41 Å². The number of hydrogen-bond donors (Lipinski definition) is 3. The lowest BCUT2D eigenvalue weighted by Crippen LogP contribution is -2.47. The zero-order chi connectivity index (χ0) is 16.8. The molecular formula is C21H39N3. The maximum absolute atomic E-state index is 7.07. The molecule has 0 saturated heterocycles. The number of nitrogens with two attached hydrogens (primary N) is 3. The number of fused-ring (bicyclic) bond motifs is 7. The van der Waals surface area contributed by atoms with E-state index in [1.807, 2.05) is 0 Å². The van der Waals surface area contributed by atoms with Gasteiger partial charge in [-0.15, -0.1) is 0 Å². The zero-order valence-corrected chi connectivity index (χ0v) is 15.5. The van der Waals surface area contributed by atoms with Crippen LogP contribution in [-0.4, -0.2) is 18.6 Å². The molecule has 3 nitrogen and oxygen atoms in total. The van der Waals surface area contributed by atoms with Crippen molar-refractivity contribution in [2.24, 2.45) is 52.2 Å². The van der Waals surface area contributed by atoms with E-state index < -0.39 is 0 Å². The Labute approximate surface area is 148 Å². The summed E-state index contributed by atoms with van der Waals surface area (Å²) in [6.45, 7) is 1.76. The van der Waals surface area contributed by atoms with Gasteiger partial charge in [-0.2, -0.15) is 0 Å². The van der Waals surface area contributed by atoms with Gasteiger partial charge in [0.25, 0.3) is 0 Å². The second-order valence-electron chi connectivity index (χ2n) is 10.0. The normalized spacial score (nSPS) is 50.4. The monoisotopic (exact) mass is 333 g/mol. The van der Waals surface area contributed by atoms with Crippen LogP contribution in [0.5, 0.6) is 0 Å². The zero-order valence-electron chi connectivity index (χ0n) is 15.5. The van der Waals surface area contributed by atoms with Crippen LogP contribution < -0.4 is 17.2 Å². The van der Waals surface area contributed by atoms with Crippen molar-refractivity contribution in [1.82, 2.24) is 0 Å². The minimum atomic E-state index is 0.128. The van der Waals surface area contributed by atoms with Crippen LogP contribution in [-0.2, 0) is 0 Å². The highest BCUT2D eigenvalue weighted by Crippen LogP contribution is 2.60. The lowest BCUT2D eigenvalue weighted by atomic mass is 9.62. The maximum Gasteiger partial charge on any atom is 0.0185 e. The Morgan fingerprint density at radius 1 is 0.875 bits per heavy atom. The standard InChI is InChI=1S/C21H39N3/c22-9-1-2-16-3-4-17(16)10-15-12-20(14-23)7-8-21(24,13-15)19-6-5-18(20)11-19/h15-19H,1-14,22-24H2. The average Bonchev–Trinajstić information content (AvgIpc) is 2.98. The molecule has 6 N–H and O–H groups in total. The lowest BCUT2D eigenvalue weighted by Gasteiger charge is -2.44. The average molecular weight is 334 g/mol. The first kappa shape index (κ1) is 17.3. The Morgan fingerprint density at radius 3 is 2.38 bits per heavy atom. The van der Waals surface area contributed by atoms with E-state index in [4.69, 9.17) is 17.2 Å². The fourth-order valence-electron chi connectivity index (χ4n) is 7.33. The SMILES string of the molecule is NCCCC1CCC1CC1CC2(N)CCC(CN)(C1)C1CCC2C1. The van der Waals surface area contributed by atoms with Crippen molar-refractivity contribution in [3.63, 3.8) is 0 Å². The highest BCUT2D eigenvalue weighted by atomic mass is 14.8. The van der Waals surface area contributed by atoms with Gasteiger partial charge in [0.15, 0.2) is 0 Å². The molecule has 0 aromatic heterocycles. The smallest absolute Gasteiger partial charge is 0.0185 e. The molecule has 0 spiro atoms. The van der Waals surface area contributed by atoms with Gasteiger partial charge in [-0.05, 0) is 125 Å². The molecule has 0 amide bonds.